The third-order valence-electron chi connectivity index (χ3n) is 7.24. The first kappa shape index (κ1) is 23.3. The quantitative estimate of drug-likeness (QED) is 0.480. The lowest BCUT2D eigenvalue weighted by Crippen LogP contribution is -2.41. The van der Waals surface area contributed by atoms with Crippen LogP contribution in [0.15, 0.2) is 78.0 Å². The molecule has 2 unspecified atom stereocenters. The van der Waals surface area contributed by atoms with Crippen LogP contribution in [0.3, 0.4) is 0 Å². The summed E-state index contributed by atoms with van der Waals surface area (Å²) in [7, 11) is 0. The number of ketones is 1. The third kappa shape index (κ3) is 4.05. The molecule has 1 amide bonds. The standard InChI is InChI=1S/C29H22ClNO6/c30-22-8-7-19(13-21(22)29(34)35)31-23-10-18(16-4-2-1-3-5-16)11-24(32)28(23)20(14-27(31)33)17-6-9-25-26(12-17)37-15-36-25/h1-9,12-13,18,20H,10-11,14-15H2,(H,34,35). The number of carbonyl (C=O) groups excluding carboxylic acids is 2. The highest BCUT2D eigenvalue weighted by molar-refractivity contribution is 6.33. The molecule has 0 bridgehead atoms. The Bertz CT molecular complexity index is 1480. The van der Waals surface area contributed by atoms with Gasteiger partial charge in [0.25, 0.3) is 0 Å². The Kier molecular flexibility index (Phi) is 5.72. The van der Waals surface area contributed by atoms with Gasteiger partial charge in [0.15, 0.2) is 17.3 Å². The molecule has 0 fully saturated rings. The Morgan fingerprint density at radius 3 is 2.46 bits per heavy atom. The van der Waals surface area contributed by atoms with Crippen molar-refractivity contribution < 1.29 is 29.0 Å². The molecule has 2 aliphatic heterocycles. The van der Waals surface area contributed by atoms with Gasteiger partial charge in [0, 0.05) is 35.7 Å². The largest absolute Gasteiger partial charge is 0.478 e. The number of amides is 1. The highest BCUT2D eigenvalue weighted by atomic mass is 35.5. The van der Waals surface area contributed by atoms with Gasteiger partial charge in [-0.1, -0.05) is 48.0 Å². The number of rotatable bonds is 4. The molecule has 3 aromatic rings. The van der Waals surface area contributed by atoms with Crippen LogP contribution in [0.4, 0.5) is 5.69 Å². The van der Waals surface area contributed by atoms with Crippen LogP contribution in [-0.2, 0) is 9.59 Å². The topological polar surface area (TPSA) is 93.1 Å². The van der Waals surface area contributed by atoms with E-state index in [0.717, 1.165) is 11.1 Å². The van der Waals surface area contributed by atoms with Gasteiger partial charge in [-0.3, -0.25) is 14.5 Å². The maximum absolute atomic E-state index is 13.8. The summed E-state index contributed by atoms with van der Waals surface area (Å²) < 4.78 is 11.0. The van der Waals surface area contributed by atoms with Crippen LogP contribution in [0, 0.1) is 0 Å². The SMILES string of the molecule is O=C1CC(c2ccccc2)CC2=C1C(c1ccc3c(c1)OCO3)CC(=O)N2c1ccc(Cl)c(C(=O)O)c1. The van der Waals surface area contributed by atoms with Gasteiger partial charge in [0.05, 0.1) is 10.6 Å². The third-order valence-corrected chi connectivity index (χ3v) is 7.57. The number of allylic oxidation sites excluding steroid dienone is 2. The number of halogens is 1. The van der Waals surface area contributed by atoms with Crippen LogP contribution >= 0.6 is 11.6 Å². The maximum atomic E-state index is 13.8. The number of hydrogen-bond donors (Lipinski definition) is 1. The van der Waals surface area contributed by atoms with Gasteiger partial charge in [-0.15, -0.1) is 0 Å². The van der Waals surface area contributed by atoms with Crippen molar-refractivity contribution in [3.05, 3.63) is 99.7 Å². The Morgan fingerprint density at radius 1 is 0.892 bits per heavy atom. The average Bonchev–Trinajstić information content (AvgIpc) is 3.37. The maximum Gasteiger partial charge on any atom is 0.337 e. The van der Waals surface area contributed by atoms with Crippen molar-refractivity contribution in [1.82, 2.24) is 0 Å². The molecule has 0 saturated heterocycles. The smallest absolute Gasteiger partial charge is 0.337 e. The van der Waals surface area contributed by atoms with Crippen LogP contribution in [0.5, 0.6) is 11.5 Å². The lowest BCUT2D eigenvalue weighted by Gasteiger charge is -2.40. The Balaban J connectivity index is 1.50. The van der Waals surface area contributed by atoms with E-state index in [1.54, 1.807) is 12.1 Å². The number of nitrogens with zero attached hydrogens (tertiary/aromatic N) is 1. The van der Waals surface area contributed by atoms with Crippen molar-refractivity contribution in [2.75, 3.05) is 11.7 Å². The fourth-order valence-electron chi connectivity index (χ4n) is 5.53. The number of hydrogen-bond acceptors (Lipinski definition) is 5. The fraction of sp³-hybridized carbons (Fsp3) is 0.207. The van der Waals surface area contributed by atoms with Gasteiger partial charge in [-0.2, -0.15) is 0 Å². The molecule has 8 heteroatoms. The Morgan fingerprint density at radius 2 is 1.68 bits per heavy atom. The van der Waals surface area contributed by atoms with E-state index >= 15 is 0 Å². The van der Waals surface area contributed by atoms with Crippen LogP contribution in [0.25, 0.3) is 0 Å². The molecule has 1 aliphatic carbocycles. The number of ether oxygens (including phenoxy) is 2. The number of anilines is 1. The second kappa shape index (κ2) is 9.09. The molecule has 1 N–H and O–H groups in total. The van der Waals surface area contributed by atoms with E-state index in [0.29, 0.717) is 41.3 Å². The highest BCUT2D eigenvalue weighted by Crippen LogP contribution is 2.48. The molecule has 2 heterocycles. The van der Waals surface area contributed by atoms with E-state index in [1.807, 2.05) is 42.5 Å². The van der Waals surface area contributed by atoms with Gasteiger partial charge >= 0.3 is 5.97 Å². The molecule has 6 rings (SSSR count). The van der Waals surface area contributed by atoms with Crippen molar-refractivity contribution in [3.63, 3.8) is 0 Å². The first-order chi connectivity index (χ1) is 17.9. The number of carboxylic acid groups (broad SMARTS) is 1. The molecule has 186 valence electrons. The van der Waals surface area contributed by atoms with Gasteiger partial charge in [-0.05, 0) is 53.8 Å². The summed E-state index contributed by atoms with van der Waals surface area (Å²) in [5.41, 5.74) is 3.28. The second-order valence-corrected chi connectivity index (χ2v) is 9.77. The molecule has 0 radical (unpaired) electrons. The second-order valence-electron chi connectivity index (χ2n) is 9.37. The van der Waals surface area contributed by atoms with Gasteiger partial charge in [0.1, 0.15) is 0 Å². The monoisotopic (exact) mass is 515 g/mol. The molecule has 2 atom stereocenters. The van der Waals surface area contributed by atoms with Crippen LogP contribution in [-0.4, -0.2) is 29.6 Å². The molecule has 0 saturated carbocycles. The van der Waals surface area contributed by atoms with Gasteiger partial charge in [0.2, 0.25) is 12.7 Å². The zero-order valence-corrected chi connectivity index (χ0v) is 20.4. The summed E-state index contributed by atoms with van der Waals surface area (Å²) in [6.07, 6.45) is 0.848. The Labute approximate surface area is 217 Å². The van der Waals surface area contributed by atoms with Crippen molar-refractivity contribution in [2.45, 2.75) is 31.1 Å². The first-order valence-electron chi connectivity index (χ1n) is 12.0. The number of fused-ring (bicyclic) bond motifs is 1. The Hall–Kier alpha value is -4.10. The summed E-state index contributed by atoms with van der Waals surface area (Å²) in [5.74, 6) is -0.768. The molecule has 3 aliphatic rings. The predicted molar refractivity (Wildman–Crippen MR) is 136 cm³/mol. The van der Waals surface area contributed by atoms with Gasteiger partial charge in [-0.25, -0.2) is 4.79 Å². The van der Waals surface area contributed by atoms with Crippen LogP contribution in [0.1, 0.15) is 52.6 Å². The van der Waals surface area contributed by atoms with Gasteiger partial charge < -0.3 is 14.6 Å². The van der Waals surface area contributed by atoms with E-state index in [-0.39, 0.29) is 41.4 Å². The molecule has 0 spiro atoms. The molecular formula is C29H22ClNO6. The van der Waals surface area contributed by atoms with Crippen LogP contribution < -0.4 is 14.4 Å². The van der Waals surface area contributed by atoms with E-state index < -0.39 is 11.9 Å². The number of carboxylic acids is 1. The van der Waals surface area contributed by atoms with Crippen molar-refractivity contribution in [3.8, 4) is 11.5 Å². The van der Waals surface area contributed by atoms with E-state index in [2.05, 4.69) is 0 Å². The summed E-state index contributed by atoms with van der Waals surface area (Å²) >= 11 is 6.11. The summed E-state index contributed by atoms with van der Waals surface area (Å²) in [6.45, 7) is 0.129. The summed E-state index contributed by atoms with van der Waals surface area (Å²) in [4.78, 5) is 40.8. The lowest BCUT2D eigenvalue weighted by molar-refractivity contribution is -0.120. The lowest BCUT2D eigenvalue weighted by atomic mass is 9.72. The molecular weight excluding hydrogens is 494 g/mol. The van der Waals surface area contributed by atoms with E-state index in [9.17, 15) is 19.5 Å². The number of carbonyl (C=O) groups is 3. The fourth-order valence-corrected chi connectivity index (χ4v) is 5.73. The number of Topliss-reactive ketones (excluding diaryl/α,β-unsaturated/α-hetero) is 1. The van der Waals surface area contributed by atoms with Crippen molar-refractivity contribution in [1.29, 1.82) is 0 Å². The molecule has 37 heavy (non-hydrogen) atoms. The first-order valence-corrected chi connectivity index (χ1v) is 12.3. The minimum absolute atomic E-state index is 0.0253. The zero-order valence-electron chi connectivity index (χ0n) is 19.6. The minimum atomic E-state index is -1.19. The van der Waals surface area contributed by atoms with E-state index in [4.69, 9.17) is 21.1 Å². The molecule has 3 aromatic carbocycles. The van der Waals surface area contributed by atoms with Crippen LogP contribution in [0.2, 0.25) is 5.02 Å². The van der Waals surface area contributed by atoms with Crippen molar-refractivity contribution in [2.24, 2.45) is 0 Å². The van der Waals surface area contributed by atoms with E-state index in [1.165, 1.54) is 17.0 Å². The molecule has 0 aromatic heterocycles. The number of aromatic carboxylic acids is 1. The summed E-state index contributed by atoms with van der Waals surface area (Å²) in [6, 6.07) is 19.7. The minimum Gasteiger partial charge on any atom is -0.478 e. The number of benzene rings is 3. The predicted octanol–water partition coefficient (Wildman–Crippen LogP) is 5.69. The molecule has 7 nitrogen and oxygen atoms in total. The zero-order chi connectivity index (χ0) is 25.7. The summed E-state index contributed by atoms with van der Waals surface area (Å²) in [5, 5.41) is 9.69. The van der Waals surface area contributed by atoms with Crippen molar-refractivity contribution >= 4 is 34.9 Å². The highest BCUT2D eigenvalue weighted by Gasteiger charge is 2.43. The normalized spacial score (nSPS) is 20.7. The average molecular weight is 516 g/mol.